The van der Waals surface area contributed by atoms with Gasteiger partial charge in [-0.1, -0.05) is 58.0 Å². The molecule has 9 atom stereocenters. The maximum absolute atomic E-state index is 14.3. The Morgan fingerprint density at radius 2 is 1.88 bits per heavy atom. The SMILES string of the molecule is CCN1CCCC1CNC(=O)c1cccc(-c2cccc(CN3C[C@@H](CO)[C@H]([C@H](C)O)[C@H]3C(=O)C[C@H]3C[C@H]4C[C@@H]([C@@H]3C)C4(C)C)c2OC)c1. The number of carbonyl (C=O) groups excluding carboxylic acids is 2. The molecule has 1 amide bonds. The van der Waals surface area contributed by atoms with Crippen LogP contribution in [0.15, 0.2) is 42.5 Å². The number of ether oxygens (including phenoxy) is 1. The normalized spacial score (nSPS) is 31.7. The Bertz CT molecular complexity index is 1490. The maximum Gasteiger partial charge on any atom is 0.251 e. The highest BCUT2D eigenvalue weighted by atomic mass is 16.5. The lowest BCUT2D eigenvalue weighted by Crippen LogP contribution is -2.55. The predicted octanol–water partition coefficient (Wildman–Crippen LogP) is 5.64. The van der Waals surface area contributed by atoms with E-state index in [2.05, 4.69) is 42.8 Å². The molecule has 3 saturated carbocycles. The molecule has 0 spiro atoms. The number of fused-ring (bicyclic) bond motifs is 2. The van der Waals surface area contributed by atoms with E-state index in [1.54, 1.807) is 14.0 Å². The van der Waals surface area contributed by atoms with Gasteiger partial charge in [0.15, 0.2) is 5.78 Å². The third-order valence-corrected chi connectivity index (χ3v) is 13.4. The Kier molecular flexibility index (Phi) is 10.9. The highest BCUT2D eigenvalue weighted by Gasteiger charge is 2.57. The third kappa shape index (κ3) is 6.95. The number of para-hydroxylation sites is 1. The molecule has 2 aromatic carbocycles. The number of nitrogens with one attached hydrogen (secondary N) is 1. The molecule has 268 valence electrons. The van der Waals surface area contributed by atoms with Crippen molar-refractivity contribution in [3.05, 3.63) is 53.6 Å². The second-order valence-corrected chi connectivity index (χ2v) is 16.2. The molecule has 5 aliphatic rings. The van der Waals surface area contributed by atoms with E-state index < -0.39 is 12.1 Å². The van der Waals surface area contributed by atoms with Gasteiger partial charge in [0.25, 0.3) is 5.91 Å². The number of likely N-dealkylation sites (N-methyl/N-ethyl adjacent to an activating group) is 1. The zero-order chi connectivity index (χ0) is 35.0. The van der Waals surface area contributed by atoms with E-state index in [1.807, 2.05) is 42.5 Å². The first-order valence-corrected chi connectivity index (χ1v) is 18.8. The van der Waals surface area contributed by atoms with Crippen LogP contribution in [0.3, 0.4) is 0 Å². The fraction of sp³-hybridized carbons (Fsp3) is 0.659. The highest BCUT2D eigenvalue weighted by Crippen LogP contribution is 2.63. The van der Waals surface area contributed by atoms with Crippen molar-refractivity contribution in [2.75, 3.05) is 39.9 Å². The van der Waals surface area contributed by atoms with Gasteiger partial charge in [-0.3, -0.25) is 19.4 Å². The quantitative estimate of drug-likeness (QED) is 0.253. The van der Waals surface area contributed by atoms with Crippen molar-refractivity contribution in [1.29, 1.82) is 0 Å². The Labute approximate surface area is 293 Å². The largest absolute Gasteiger partial charge is 0.496 e. The molecule has 8 heteroatoms. The van der Waals surface area contributed by atoms with Crippen LogP contribution in [0.1, 0.15) is 82.6 Å². The number of nitrogens with zero attached hydrogens (tertiary/aromatic N) is 2. The van der Waals surface area contributed by atoms with E-state index in [0.29, 0.717) is 72.5 Å². The lowest BCUT2D eigenvalue weighted by molar-refractivity contribution is -0.143. The van der Waals surface area contributed by atoms with Crippen molar-refractivity contribution in [3.8, 4) is 16.9 Å². The molecule has 2 bridgehead atoms. The number of amides is 1. The van der Waals surface area contributed by atoms with E-state index in [1.165, 1.54) is 12.8 Å². The summed E-state index contributed by atoms with van der Waals surface area (Å²) in [4.78, 5) is 32.2. The van der Waals surface area contributed by atoms with E-state index >= 15 is 0 Å². The summed E-state index contributed by atoms with van der Waals surface area (Å²) in [5.74, 6) is 2.50. The van der Waals surface area contributed by atoms with Crippen LogP contribution in [0.4, 0.5) is 0 Å². The van der Waals surface area contributed by atoms with Gasteiger partial charge in [0, 0.05) is 67.2 Å². The van der Waals surface area contributed by atoms with Crippen molar-refractivity contribution >= 4 is 11.7 Å². The van der Waals surface area contributed by atoms with Gasteiger partial charge in [0.1, 0.15) is 5.75 Å². The molecule has 2 heterocycles. The van der Waals surface area contributed by atoms with Crippen LogP contribution in [0, 0.1) is 40.9 Å². The lowest BCUT2D eigenvalue weighted by atomic mass is 9.43. The summed E-state index contributed by atoms with van der Waals surface area (Å²) in [6.45, 7) is 14.7. The minimum Gasteiger partial charge on any atom is -0.496 e. The lowest BCUT2D eigenvalue weighted by Gasteiger charge is -2.62. The Morgan fingerprint density at radius 3 is 2.55 bits per heavy atom. The van der Waals surface area contributed by atoms with Crippen molar-refractivity contribution < 1.29 is 24.5 Å². The number of hydrogen-bond acceptors (Lipinski definition) is 7. The molecule has 0 aromatic heterocycles. The van der Waals surface area contributed by atoms with Crippen molar-refractivity contribution in [1.82, 2.24) is 15.1 Å². The van der Waals surface area contributed by atoms with E-state index in [0.717, 1.165) is 42.6 Å². The zero-order valence-corrected chi connectivity index (χ0v) is 30.5. The van der Waals surface area contributed by atoms with Crippen molar-refractivity contribution in [3.63, 3.8) is 0 Å². The molecule has 2 saturated heterocycles. The summed E-state index contributed by atoms with van der Waals surface area (Å²) in [6, 6.07) is 13.6. The fourth-order valence-electron chi connectivity index (χ4n) is 10.4. The number of aliphatic hydroxyl groups is 2. The Hall–Kier alpha value is -2.78. The highest BCUT2D eigenvalue weighted by molar-refractivity contribution is 5.95. The summed E-state index contributed by atoms with van der Waals surface area (Å²) in [5.41, 5.74) is 3.68. The van der Waals surface area contributed by atoms with E-state index in [4.69, 9.17) is 4.74 Å². The summed E-state index contributed by atoms with van der Waals surface area (Å²) >= 11 is 0. The number of aliphatic hydroxyl groups excluding tert-OH is 2. The molecule has 2 aromatic rings. The second kappa shape index (κ2) is 14.8. The number of methoxy groups -OCH3 is 1. The van der Waals surface area contributed by atoms with Gasteiger partial charge >= 0.3 is 0 Å². The average molecular weight is 674 g/mol. The molecular weight excluding hydrogens is 614 g/mol. The maximum atomic E-state index is 14.3. The Balaban J connectivity index is 1.21. The fourth-order valence-corrected chi connectivity index (χ4v) is 10.4. The molecular formula is C41H59N3O5. The molecule has 8 nitrogen and oxygen atoms in total. The van der Waals surface area contributed by atoms with Gasteiger partial charge in [-0.15, -0.1) is 0 Å². The molecule has 0 radical (unpaired) electrons. The van der Waals surface area contributed by atoms with E-state index in [-0.39, 0.29) is 30.1 Å². The van der Waals surface area contributed by atoms with Crippen LogP contribution in [0.2, 0.25) is 0 Å². The van der Waals surface area contributed by atoms with Crippen LogP contribution >= 0.6 is 0 Å². The van der Waals surface area contributed by atoms with Gasteiger partial charge in [-0.05, 0) is 92.5 Å². The number of carbonyl (C=O) groups is 2. The first kappa shape index (κ1) is 36.0. The smallest absolute Gasteiger partial charge is 0.251 e. The minimum atomic E-state index is -0.715. The first-order valence-electron chi connectivity index (χ1n) is 18.8. The molecule has 49 heavy (non-hydrogen) atoms. The van der Waals surface area contributed by atoms with Crippen LogP contribution in [0.25, 0.3) is 11.1 Å². The zero-order valence-electron chi connectivity index (χ0n) is 30.5. The molecule has 5 fully saturated rings. The van der Waals surface area contributed by atoms with Crippen LogP contribution in [0.5, 0.6) is 5.75 Å². The van der Waals surface area contributed by atoms with Gasteiger partial charge < -0.3 is 20.3 Å². The number of likely N-dealkylation sites (tertiary alicyclic amines) is 2. The number of benzene rings is 2. The summed E-state index contributed by atoms with van der Waals surface area (Å²) < 4.78 is 6.06. The Morgan fingerprint density at radius 1 is 1.10 bits per heavy atom. The molecule has 7 rings (SSSR count). The van der Waals surface area contributed by atoms with Crippen LogP contribution in [-0.2, 0) is 11.3 Å². The molecule has 3 N–H and O–H groups in total. The standard InChI is InChI=1S/C41H59N3O5/c1-7-43-16-10-14-33(43)21-42-40(48)28-12-8-11-27(17-28)34-15-9-13-29(39(34)49-6)22-44-23-31(24-45)37(26(3)46)38(44)36(47)19-30-18-32-20-35(25(30)2)41(32,4)5/h8-9,11-13,15,17,25-26,30-33,35,37-38,45-46H,7,10,14,16,18-24H2,1-6H3,(H,42,48)/t25-,26+,30-,31+,32+,33?,35+,37+,38-/m1/s1. The van der Waals surface area contributed by atoms with Gasteiger partial charge in [-0.2, -0.15) is 0 Å². The van der Waals surface area contributed by atoms with E-state index in [9.17, 15) is 19.8 Å². The van der Waals surface area contributed by atoms with Crippen molar-refractivity contribution in [2.45, 2.75) is 91.5 Å². The molecule has 2 aliphatic heterocycles. The van der Waals surface area contributed by atoms with Gasteiger partial charge in [-0.25, -0.2) is 0 Å². The molecule has 3 aliphatic carbocycles. The average Bonchev–Trinajstić information content (AvgIpc) is 3.71. The van der Waals surface area contributed by atoms with Crippen LogP contribution in [-0.4, -0.2) is 89.8 Å². The van der Waals surface area contributed by atoms with Crippen LogP contribution < -0.4 is 10.1 Å². The summed E-state index contributed by atoms with van der Waals surface area (Å²) in [7, 11) is 1.67. The minimum absolute atomic E-state index is 0.0722. The van der Waals surface area contributed by atoms with Gasteiger partial charge in [0.2, 0.25) is 0 Å². The number of ketones is 1. The summed E-state index contributed by atoms with van der Waals surface area (Å²) in [6.07, 6.45) is 4.46. The second-order valence-electron chi connectivity index (χ2n) is 16.2. The number of hydrogen-bond donors (Lipinski definition) is 3. The number of Topliss-reactive ketones (excluding diaryl/α,β-unsaturated/α-hetero) is 1. The topological polar surface area (TPSA) is 102 Å². The predicted molar refractivity (Wildman–Crippen MR) is 193 cm³/mol. The molecule has 1 unspecified atom stereocenters. The van der Waals surface area contributed by atoms with Gasteiger partial charge in [0.05, 0.1) is 19.3 Å². The monoisotopic (exact) mass is 673 g/mol. The number of rotatable bonds is 13. The summed E-state index contributed by atoms with van der Waals surface area (Å²) in [5, 5.41) is 24.5. The van der Waals surface area contributed by atoms with Crippen molar-refractivity contribution in [2.24, 2.45) is 40.9 Å². The third-order valence-electron chi connectivity index (χ3n) is 13.4. The first-order chi connectivity index (χ1) is 23.5.